The van der Waals surface area contributed by atoms with Crippen molar-refractivity contribution in [3.05, 3.63) is 24.3 Å². The summed E-state index contributed by atoms with van der Waals surface area (Å²) in [5.74, 6) is 0.817. The zero-order valence-corrected chi connectivity index (χ0v) is 11.9. The van der Waals surface area contributed by atoms with Gasteiger partial charge in [-0.05, 0) is 30.4 Å². The molecule has 0 aromatic heterocycles. The van der Waals surface area contributed by atoms with Crippen LogP contribution in [0.2, 0.25) is 0 Å². The summed E-state index contributed by atoms with van der Waals surface area (Å²) >= 11 is 0. The summed E-state index contributed by atoms with van der Waals surface area (Å²) in [4.78, 5) is 0. The molecular weight excluding hydrogens is 224 g/mol. The van der Waals surface area contributed by atoms with E-state index < -0.39 is 0 Å². The Hall–Kier alpha value is -1.18. The fraction of sp³-hybridized carbons (Fsp3) is 0.625. The van der Waals surface area contributed by atoms with Crippen molar-refractivity contribution < 1.29 is 9.84 Å². The molecule has 2 heteroatoms. The fourth-order valence-electron chi connectivity index (χ4n) is 1.87. The molecule has 0 saturated heterocycles. The van der Waals surface area contributed by atoms with Crippen LogP contribution < -0.4 is 4.74 Å². The van der Waals surface area contributed by atoms with Crippen LogP contribution in [0.4, 0.5) is 0 Å². The molecule has 0 aliphatic heterocycles. The second-order valence-electron chi connectivity index (χ2n) is 6.04. The van der Waals surface area contributed by atoms with Gasteiger partial charge in [0, 0.05) is 0 Å². The Labute approximate surface area is 111 Å². The number of ether oxygens (including phenoxy) is 1. The Balaban J connectivity index is 2.04. The van der Waals surface area contributed by atoms with Gasteiger partial charge in [0.1, 0.15) is 0 Å². The van der Waals surface area contributed by atoms with Crippen LogP contribution in [-0.2, 0) is 0 Å². The van der Waals surface area contributed by atoms with Gasteiger partial charge in [0.05, 0.1) is 6.61 Å². The quantitative estimate of drug-likeness (QED) is 0.706. The Morgan fingerprint density at radius 2 is 1.67 bits per heavy atom. The number of hydrogen-bond acceptors (Lipinski definition) is 2. The molecule has 0 spiro atoms. The van der Waals surface area contributed by atoms with Gasteiger partial charge in [0.2, 0.25) is 0 Å². The maximum absolute atomic E-state index is 9.52. The van der Waals surface area contributed by atoms with Gasteiger partial charge < -0.3 is 9.84 Å². The lowest BCUT2D eigenvalue weighted by atomic mass is 9.89. The first-order valence-electron chi connectivity index (χ1n) is 6.90. The Kier molecular flexibility index (Phi) is 6.03. The number of phenolic OH excluding ortho intramolecular Hbond substituents is 1. The monoisotopic (exact) mass is 250 g/mol. The summed E-state index contributed by atoms with van der Waals surface area (Å²) in [6.07, 6.45) is 6.09. The lowest BCUT2D eigenvalue weighted by Gasteiger charge is -2.17. The number of aromatic hydroxyl groups is 1. The number of rotatable bonds is 7. The van der Waals surface area contributed by atoms with Crippen molar-refractivity contribution in [1.29, 1.82) is 0 Å². The highest BCUT2D eigenvalue weighted by molar-refractivity contribution is 5.37. The third kappa shape index (κ3) is 6.53. The fourth-order valence-corrected chi connectivity index (χ4v) is 1.87. The summed E-state index contributed by atoms with van der Waals surface area (Å²) in [5.41, 5.74) is 0.451. The number of phenols is 1. The van der Waals surface area contributed by atoms with E-state index in [1.165, 1.54) is 25.7 Å². The number of para-hydroxylation sites is 2. The van der Waals surface area contributed by atoms with E-state index in [1.807, 2.05) is 6.07 Å². The largest absolute Gasteiger partial charge is 0.504 e. The lowest BCUT2D eigenvalue weighted by molar-refractivity contribution is 0.286. The average Bonchev–Trinajstić information content (AvgIpc) is 2.28. The smallest absolute Gasteiger partial charge is 0.160 e. The summed E-state index contributed by atoms with van der Waals surface area (Å²) in [7, 11) is 0. The third-order valence-electron chi connectivity index (χ3n) is 2.94. The number of benzene rings is 1. The highest BCUT2D eigenvalue weighted by atomic mass is 16.5. The maximum atomic E-state index is 9.52. The van der Waals surface area contributed by atoms with Crippen LogP contribution >= 0.6 is 0 Å². The van der Waals surface area contributed by atoms with Crippen molar-refractivity contribution in [2.75, 3.05) is 6.61 Å². The summed E-state index contributed by atoms with van der Waals surface area (Å²) in [6, 6.07) is 7.13. The van der Waals surface area contributed by atoms with Crippen LogP contribution in [0.3, 0.4) is 0 Å². The number of unbranched alkanes of at least 4 members (excludes halogenated alkanes) is 3. The minimum Gasteiger partial charge on any atom is -0.504 e. The standard InChI is InChI=1S/C16H26O2/c1-16(2,3)12-8-4-5-9-13-18-15-11-7-6-10-14(15)17/h6-7,10-11,17H,4-5,8-9,12-13H2,1-3H3. The minimum absolute atomic E-state index is 0.227. The van der Waals surface area contributed by atoms with Crippen molar-refractivity contribution in [2.24, 2.45) is 5.41 Å². The van der Waals surface area contributed by atoms with Gasteiger partial charge in [-0.15, -0.1) is 0 Å². The molecule has 0 bridgehead atoms. The molecule has 0 unspecified atom stereocenters. The molecule has 0 amide bonds. The van der Waals surface area contributed by atoms with Crippen molar-refractivity contribution in [1.82, 2.24) is 0 Å². The average molecular weight is 250 g/mol. The SMILES string of the molecule is CC(C)(C)CCCCCCOc1ccccc1O. The van der Waals surface area contributed by atoms with Crippen LogP contribution in [0.25, 0.3) is 0 Å². The van der Waals surface area contributed by atoms with E-state index in [-0.39, 0.29) is 5.75 Å². The molecule has 1 aromatic rings. The Bertz CT molecular complexity index is 339. The van der Waals surface area contributed by atoms with Crippen LogP contribution in [0.15, 0.2) is 24.3 Å². The molecule has 1 N–H and O–H groups in total. The predicted molar refractivity (Wildman–Crippen MR) is 76.1 cm³/mol. The van der Waals surface area contributed by atoms with E-state index in [0.717, 1.165) is 6.42 Å². The highest BCUT2D eigenvalue weighted by Gasteiger charge is 2.08. The molecule has 102 valence electrons. The summed E-state index contributed by atoms with van der Waals surface area (Å²) in [6.45, 7) is 7.55. The molecule has 1 rings (SSSR count). The van der Waals surface area contributed by atoms with Crippen molar-refractivity contribution >= 4 is 0 Å². The van der Waals surface area contributed by atoms with Gasteiger partial charge >= 0.3 is 0 Å². The van der Waals surface area contributed by atoms with E-state index in [2.05, 4.69) is 20.8 Å². The van der Waals surface area contributed by atoms with Gasteiger partial charge in [-0.1, -0.05) is 52.2 Å². The minimum atomic E-state index is 0.227. The van der Waals surface area contributed by atoms with Crippen LogP contribution in [0.5, 0.6) is 11.5 Å². The van der Waals surface area contributed by atoms with Crippen LogP contribution in [0, 0.1) is 5.41 Å². The van der Waals surface area contributed by atoms with Gasteiger partial charge in [0.15, 0.2) is 11.5 Å². The summed E-state index contributed by atoms with van der Waals surface area (Å²) < 4.78 is 5.53. The first kappa shape index (κ1) is 14.9. The lowest BCUT2D eigenvalue weighted by Crippen LogP contribution is -2.04. The molecule has 0 aliphatic carbocycles. The molecule has 0 atom stereocenters. The van der Waals surface area contributed by atoms with Crippen molar-refractivity contribution in [2.45, 2.75) is 52.9 Å². The maximum Gasteiger partial charge on any atom is 0.160 e. The molecule has 0 radical (unpaired) electrons. The van der Waals surface area contributed by atoms with E-state index in [4.69, 9.17) is 4.74 Å². The first-order valence-corrected chi connectivity index (χ1v) is 6.90. The normalized spacial score (nSPS) is 11.5. The molecule has 0 aliphatic rings. The molecule has 0 saturated carbocycles. The molecule has 0 heterocycles. The summed E-state index contributed by atoms with van der Waals surface area (Å²) in [5, 5.41) is 9.52. The molecule has 1 aromatic carbocycles. The van der Waals surface area contributed by atoms with Gasteiger partial charge in [-0.3, -0.25) is 0 Å². The predicted octanol–water partition coefficient (Wildman–Crippen LogP) is 4.77. The van der Waals surface area contributed by atoms with Crippen LogP contribution in [0.1, 0.15) is 52.9 Å². The van der Waals surface area contributed by atoms with E-state index in [9.17, 15) is 5.11 Å². The zero-order chi connectivity index (χ0) is 13.4. The van der Waals surface area contributed by atoms with E-state index >= 15 is 0 Å². The van der Waals surface area contributed by atoms with E-state index in [1.54, 1.807) is 18.2 Å². The Morgan fingerprint density at radius 1 is 1.00 bits per heavy atom. The van der Waals surface area contributed by atoms with Crippen molar-refractivity contribution in [3.8, 4) is 11.5 Å². The molecule has 18 heavy (non-hydrogen) atoms. The number of hydrogen-bond donors (Lipinski definition) is 1. The molecule has 2 nitrogen and oxygen atoms in total. The first-order chi connectivity index (χ1) is 8.49. The third-order valence-corrected chi connectivity index (χ3v) is 2.94. The van der Waals surface area contributed by atoms with Gasteiger partial charge in [-0.25, -0.2) is 0 Å². The Morgan fingerprint density at radius 3 is 2.33 bits per heavy atom. The zero-order valence-electron chi connectivity index (χ0n) is 11.9. The molecular formula is C16H26O2. The molecule has 0 fully saturated rings. The van der Waals surface area contributed by atoms with E-state index in [0.29, 0.717) is 17.8 Å². The second kappa shape index (κ2) is 7.30. The topological polar surface area (TPSA) is 29.5 Å². The van der Waals surface area contributed by atoms with Crippen LogP contribution in [-0.4, -0.2) is 11.7 Å². The van der Waals surface area contributed by atoms with Crippen molar-refractivity contribution in [3.63, 3.8) is 0 Å². The van der Waals surface area contributed by atoms with Gasteiger partial charge in [0.25, 0.3) is 0 Å². The van der Waals surface area contributed by atoms with Gasteiger partial charge in [-0.2, -0.15) is 0 Å². The highest BCUT2D eigenvalue weighted by Crippen LogP contribution is 2.25. The second-order valence-corrected chi connectivity index (χ2v) is 6.04.